The third-order valence-corrected chi connectivity index (χ3v) is 4.38. The summed E-state index contributed by atoms with van der Waals surface area (Å²) in [5.74, 6) is -0.414. The first kappa shape index (κ1) is 14.3. The molecule has 8 heteroatoms. The Hall–Kier alpha value is -1.15. The smallest absolute Gasteiger partial charge is 0.332 e. The van der Waals surface area contributed by atoms with E-state index in [1.54, 1.807) is 0 Å². The molecular weight excluding hydrogens is 272 g/mol. The molecule has 1 amide bonds. The van der Waals surface area contributed by atoms with E-state index < -0.39 is 16.9 Å². The third kappa shape index (κ3) is 3.90. The molecule has 0 aromatic rings. The largest absolute Gasteiger partial charge is 0.338 e. The molecule has 2 saturated heterocycles. The molecule has 2 heterocycles. The van der Waals surface area contributed by atoms with Crippen LogP contribution in [0.15, 0.2) is 0 Å². The minimum atomic E-state index is -2.51. The first-order valence-corrected chi connectivity index (χ1v) is 7.59. The van der Waals surface area contributed by atoms with Gasteiger partial charge in [-0.2, -0.15) is 5.06 Å². The molecule has 0 spiro atoms. The van der Waals surface area contributed by atoms with Gasteiger partial charge in [-0.25, -0.2) is 17.5 Å². The Morgan fingerprint density at radius 3 is 2.47 bits per heavy atom. The summed E-state index contributed by atoms with van der Waals surface area (Å²) in [5, 5.41) is 1.13. The normalized spacial score (nSPS) is 22.2. The molecule has 7 nitrogen and oxygen atoms in total. The van der Waals surface area contributed by atoms with Gasteiger partial charge in [0, 0.05) is 19.5 Å². The molecule has 0 unspecified atom stereocenters. The molecule has 0 saturated carbocycles. The van der Waals surface area contributed by atoms with Gasteiger partial charge in [-0.1, -0.05) is 0 Å². The molecule has 2 rings (SSSR count). The van der Waals surface area contributed by atoms with Crippen molar-refractivity contribution < 1.29 is 22.8 Å². The lowest BCUT2D eigenvalue weighted by atomic mass is 9.95. The maximum atomic E-state index is 11.7. The maximum Gasteiger partial charge on any atom is 0.332 e. The van der Waals surface area contributed by atoms with Crippen LogP contribution in [-0.4, -0.2) is 49.3 Å². The molecule has 0 aliphatic carbocycles. The molecular formula is C11H18N2O5S. The number of piperidine rings is 1. The van der Waals surface area contributed by atoms with Crippen molar-refractivity contribution in [2.75, 3.05) is 19.6 Å². The second kappa shape index (κ2) is 6.33. The van der Waals surface area contributed by atoms with Crippen LogP contribution in [0.1, 0.15) is 32.1 Å². The van der Waals surface area contributed by atoms with Gasteiger partial charge in [0.05, 0.1) is 13.0 Å². The first-order valence-electron chi connectivity index (χ1n) is 6.46. The average molecular weight is 290 g/mol. The quantitative estimate of drug-likeness (QED) is 0.718. The van der Waals surface area contributed by atoms with E-state index in [-0.39, 0.29) is 18.2 Å². The van der Waals surface area contributed by atoms with Crippen molar-refractivity contribution in [2.24, 2.45) is 5.92 Å². The van der Waals surface area contributed by atoms with E-state index in [1.165, 1.54) is 4.31 Å². The summed E-state index contributed by atoms with van der Waals surface area (Å²) < 4.78 is 22.9. The van der Waals surface area contributed by atoms with E-state index in [1.807, 2.05) is 0 Å². The van der Waals surface area contributed by atoms with Crippen LogP contribution < -0.4 is 0 Å². The standard InChI is InChI=1S/C11H18N2O5S/c14-10-2-1-5-13(10)18-11(15)8-9-3-6-12(7-4-9)19(16)17/h9,19H,1-8H2. The summed E-state index contributed by atoms with van der Waals surface area (Å²) in [4.78, 5) is 28.0. The van der Waals surface area contributed by atoms with E-state index in [2.05, 4.69) is 0 Å². The highest BCUT2D eigenvalue weighted by Crippen LogP contribution is 2.21. The van der Waals surface area contributed by atoms with Gasteiger partial charge in [0.1, 0.15) is 0 Å². The Kier molecular flexibility index (Phi) is 4.76. The van der Waals surface area contributed by atoms with Gasteiger partial charge in [-0.15, -0.1) is 0 Å². The van der Waals surface area contributed by atoms with Crippen LogP contribution >= 0.6 is 0 Å². The number of hydrogen-bond donors (Lipinski definition) is 1. The van der Waals surface area contributed by atoms with Gasteiger partial charge >= 0.3 is 5.97 Å². The van der Waals surface area contributed by atoms with Crippen molar-refractivity contribution >= 4 is 22.8 Å². The highest BCUT2D eigenvalue weighted by atomic mass is 32.2. The molecule has 19 heavy (non-hydrogen) atoms. The number of thiol groups is 1. The molecule has 108 valence electrons. The number of rotatable bonds is 4. The van der Waals surface area contributed by atoms with Crippen LogP contribution in [0.4, 0.5) is 0 Å². The van der Waals surface area contributed by atoms with Crippen LogP contribution in [-0.2, 0) is 25.3 Å². The molecule has 2 aliphatic rings. The second-order valence-electron chi connectivity index (χ2n) is 4.90. The predicted octanol–water partition coefficient (Wildman–Crippen LogP) is -0.304. The van der Waals surface area contributed by atoms with Gasteiger partial charge in [0.2, 0.25) is 10.9 Å². The number of amides is 1. The van der Waals surface area contributed by atoms with E-state index in [9.17, 15) is 18.0 Å². The number of carbonyl (C=O) groups is 2. The Morgan fingerprint density at radius 2 is 1.95 bits per heavy atom. The number of carbonyl (C=O) groups excluding carboxylic acids is 2. The second-order valence-corrected chi connectivity index (χ2v) is 5.94. The molecule has 0 aromatic carbocycles. The molecule has 2 fully saturated rings. The first-order chi connectivity index (χ1) is 9.06. The van der Waals surface area contributed by atoms with Gasteiger partial charge in [0.25, 0.3) is 5.91 Å². The van der Waals surface area contributed by atoms with Crippen molar-refractivity contribution in [1.29, 1.82) is 0 Å². The fourth-order valence-corrected chi connectivity index (χ4v) is 2.96. The van der Waals surface area contributed by atoms with E-state index >= 15 is 0 Å². The van der Waals surface area contributed by atoms with Crippen LogP contribution in [0.25, 0.3) is 0 Å². The summed E-state index contributed by atoms with van der Waals surface area (Å²) in [6.07, 6.45) is 2.72. The zero-order chi connectivity index (χ0) is 13.8. The summed E-state index contributed by atoms with van der Waals surface area (Å²) in [7, 11) is -2.51. The monoisotopic (exact) mass is 290 g/mol. The van der Waals surface area contributed by atoms with Gasteiger partial charge in [-0.05, 0) is 25.2 Å². The lowest BCUT2D eigenvalue weighted by molar-refractivity contribution is -0.193. The third-order valence-electron chi connectivity index (χ3n) is 3.52. The van der Waals surface area contributed by atoms with Gasteiger partial charge in [0.15, 0.2) is 0 Å². The van der Waals surface area contributed by atoms with E-state index in [4.69, 9.17) is 4.84 Å². The minimum Gasteiger partial charge on any atom is -0.338 e. The molecule has 0 aromatic heterocycles. The Labute approximate surface area is 113 Å². The predicted molar refractivity (Wildman–Crippen MR) is 66.3 cm³/mol. The lowest BCUT2D eigenvalue weighted by Gasteiger charge is -2.27. The molecule has 0 radical (unpaired) electrons. The van der Waals surface area contributed by atoms with Gasteiger partial charge in [-0.3, -0.25) is 4.79 Å². The number of nitrogens with zero attached hydrogens (tertiary/aromatic N) is 2. The Balaban J connectivity index is 1.73. The fourth-order valence-electron chi connectivity index (χ4n) is 2.40. The van der Waals surface area contributed by atoms with Crippen LogP contribution in [0, 0.1) is 5.92 Å². The Bertz CT molecular complexity index is 421. The van der Waals surface area contributed by atoms with Crippen molar-refractivity contribution in [1.82, 2.24) is 9.37 Å². The SMILES string of the molecule is O=C(CC1CCN([SH](=O)=O)CC1)ON1CCCC1=O. The summed E-state index contributed by atoms with van der Waals surface area (Å²) >= 11 is 0. The number of hydroxylamine groups is 2. The van der Waals surface area contributed by atoms with E-state index in [0.29, 0.717) is 38.9 Å². The van der Waals surface area contributed by atoms with Crippen molar-refractivity contribution in [3.05, 3.63) is 0 Å². The minimum absolute atomic E-state index is 0.136. The number of hydrogen-bond acceptors (Lipinski definition) is 5. The maximum absolute atomic E-state index is 11.7. The van der Waals surface area contributed by atoms with Gasteiger partial charge < -0.3 is 4.84 Å². The summed E-state index contributed by atoms with van der Waals surface area (Å²) in [6, 6.07) is 0. The summed E-state index contributed by atoms with van der Waals surface area (Å²) in [6.45, 7) is 1.39. The Morgan fingerprint density at radius 1 is 1.26 bits per heavy atom. The van der Waals surface area contributed by atoms with Crippen molar-refractivity contribution in [3.8, 4) is 0 Å². The molecule has 0 N–H and O–H groups in total. The van der Waals surface area contributed by atoms with E-state index in [0.717, 1.165) is 11.5 Å². The van der Waals surface area contributed by atoms with Crippen molar-refractivity contribution in [3.63, 3.8) is 0 Å². The zero-order valence-corrected chi connectivity index (χ0v) is 11.5. The molecule has 0 bridgehead atoms. The fraction of sp³-hybridized carbons (Fsp3) is 0.818. The molecule has 0 atom stereocenters. The van der Waals surface area contributed by atoms with Crippen LogP contribution in [0.5, 0.6) is 0 Å². The highest BCUT2D eigenvalue weighted by molar-refractivity contribution is 7.69. The van der Waals surface area contributed by atoms with Crippen molar-refractivity contribution in [2.45, 2.75) is 32.1 Å². The van der Waals surface area contributed by atoms with Crippen LogP contribution in [0.3, 0.4) is 0 Å². The zero-order valence-electron chi connectivity index (χ0n) is 10.6. The highest BCUT2D eigenvalue weighted by Gasteiger charge is 2.27. The molecule has 2 aliphatic heterocycles. The summed E-state index contributed by atoms with van der Waals surface area (Å²) in [5.41, 5.74) is 0. The van der Waals surface area contributed by atoms with Crippen LogP contribution in [0.2, 0.25) is 0 Å². The lowest BCUT2D eigenvalue weighted by Crippen LogP contribution is -2.34. The topological polar surface area (TPSA) is 84.0 Å². The average Bonchev–Trinajstić information content (AvgIpc) is 2.75.